The zero-order valence-corrected chi connectivity index (χ0v) is 11.9. The molecule has 0 spiro atoms. The van der Waals surface area contributed by atoms with E-state index in [1.807, 2.05) is 54.8 Å². The molecule has 1 atom stereocenters. The maximum atomic E-state index is 12.2. The van der Waals surface area contributed by atoms with Crippen molar-refractivity contribution < 1.29 is 4.79 Å². The van der Waals surface area contributed by atoms with E-state index in [0.29, 0.717) is 5.69 Å². The number of nitrogens with one attached hydrogen (secondary N) is 1. The predicted molar refractivity (Wildman–Crippen MR) is 81.9 cm³/mol. The fourth-order valence-corrected chi connectivity index (χ4v) is 2.81. The first kappa shape index (κ1) is 12.8. The average molecular weight is 282 g/mol. The molecular formula is C16H14N2OS. The van der Waals surface area contributed by atoms with Gasteiger partial charge >= 0.3 is 0 Å². The number of rotatable bonds is 3. The zero-order chi connectivity index (χ0) is 13.9. The molecule has 3 aromatic rings. The zero-order valence-electron chi connectivity index (χ0n) is 11.0. The lowest BCUT2D eigenvalue weighted by atomic mass is 10.2. The SMILES string of the molecule is C[C@@H](NC(=O)c1ccc2ccccc2n1)c1cccs1. The largest absolute Gasteiger partial charge is 0.343 e. The molecule has 3 nitrogen and oxygen atoms in total. The standard InChI is InChI=1S/C16H14N2OS/c1-11(15-7-4-10-20-15)17-16(19)14-9-8-12-5-2-3-6-13(12)18-14/h2-11H,1H3,(H,17,19)/t11-/m1/s1. The quantitative estimate of drug-likeness (QED) is 0.794. The lowest BCUT2D eigenvalue weighted by Crippen LogP contribution is -2.26. The molecule has 1 amide bonds. The Bertz CT molecular complexity index is 737. The highest BCUT2D eigenvalue weighted by Gasteiger charge is 2.13. The van der Waals surface area contributed by atoms with Gasteiger partial charge in [-0.05, 0) is 30.5 Å². The Labute approximate surface area is 121 Å². The van der Waals surface area contributed by atoms with Crippen LogP contribution in [0.4, 0.5) is 0 Å². The van der Waals surface area contributed by atoms with Crippen LogP contribution in [0.5, 0.6) is 0 Å². The van der Waals surface area contributed by atoms with Gasteiger partial charge in [0.05, 0.1) is 11.6 Å². The number of hydrogen-bond acceptors (Lipinski definition) is 3. The molecule has 0 saturated heterocycles. The number of amides is 1. The molecule has 0 radical (unpaired) electrons. The van der Waals surface area contributed by atoms with Gasteiger partial charge < -0.3 is 5.32 Å². The lowest BCUT2D eigenvalue weighted by molar-refractivity contribution is 0.0936. The molecule has 3 rings (SSSR count). The van der Waals surface area contributed by atoms with Crippen molar-refractivity contribution in [1.29, 1.82) is 0 Å². The maximum absolute atomic E-state index is 12.2. The normalized spacial score (nSPS) is 12.2. The maximum Gasteiger partial charge on any atom is 0.270 e. The van der Waals surface area contributed by atoms with Crippen LogP contribution in [0.15, 0.2) is 53.9 Å². The van der Waals surface area contributed by atoms with Crippen LogP contribution in [0.25, 0.3) is 10.9 Å². The number of hydrogen-bond donors (Lipinski definition) is 1. The summed E-state index contributed by atoms with van der Waals surface area (Å²) in [6.07, 6.45) is 0. The van der Waals surface area contributed by atoms with Crippen LogP contribution in [0.3, 0.4) is 0 Å². The number of benzene rings is 1. The van der Waals surface area contributed by atoms with E-state index in [2.05, 4.69) is 10.3 Å². The third-order valence-corrected chi connectivity index (χ3v) is 4.20. The van der Waals surface area contributed by atoms with Crippen molar-refractivity contribution in [2.24, 2.45) is 0 Å². The molecule has 2 aromatic heterocycles. The summed E-state index contributed by atoms with van der Waals surface area (Å²) >= 11 is 1.64. The van der Waals surface area contributed by atoms with Gasteiger partial charge in [-0.25, -0.2) is 4.98 Å². The average Bonchev–Trinajstić information content (AvgIpc) is 3.01. The smallest absolute Gasteiger partial charge is 0.270 e. The van der Waals surface area contributed by atoms with E-state index < -0.39 is 0 Å². The van der Waals surface area contributed by atoms with Crippen molar-refractivity contribution >= 4 is 28.1 Å². The predicted octanol–water partition coefficient (Wildman–Crippen LogP) is 3.79. The van der Waals surface area contributed by atoms with Crippen LogP contribution >= 0.6 is 11.3 Å². The van der Waals surface area contributed by atoms with E-state index in [9.17, 15) is 4.79 Å². The van der Waals surface area contributed by atoms with Gasteiger partial charge in [-0.15, -0.1) is 11.3 Å². The molecule has 2 heterocycles. The van der Waals surface area contributed by atoms with Crippen LogP contribution < -0.4 is 5.32 Å². The molecule has 0 bridgehead atoms. The Morgan fingerprint density at radius 2 is 2.00 bits per heavy atom. The van der Waals surface area contributed by atoms with Crippen molar-refractivity contribution in [3.63, 3.8) is 0 Å². The van der Waals surface area contributed by atoms with Crippen LogP contribution in [0, 0.1) is 0 Å². The van der Waals surface area contributed by atoms with Gasteiger partial charge in [0, 0.05) is 10.3 Å². The van der Waals surface area contributed by atoms with E-state index in [0.717, 1.165) is 15.8 Å². The summed E-state index contributed by atoms with van der Waals surface area (Å²) in [5, 5.41) is 6.02. The summed E-state index contributed by atoms with van der Waals surface area (Å²) in [5.74, 6) is -0.142. The molecule has 0 aliphatic carbocycles. The van der Waals surface area contributed by atoms with Crippen molar-refractivity contribution in [2.75, 3.05) is 0 Å². The summed E-state index contributed by atoms with van der Waals surface area (Å²) in [7, 11) is 0. The van der Waals surface area contributed by atoms with Gasteiger partial charge in [0.25, 0.3) is 5.91 Å². The second kappa shape index (κ2) is 5.43. The van der Waals surface area contributed by atoms with Crippen LogP contribution in [0.2, 0.25) is 0 Å². The Kier molecular flexibility index (Phi) is 3.48. The number of aromatic nitrogens is 1. The highest BCUT2D eigenvalue weighted by Crippen LogP contribution is 2.19. The Morgan fingerprint density at radius 3 is 2.80 bits per heavy atom. The minimum atomic E-state index is -0.142. The van der Waals surface area contributed by atoms with E-state index in [1.54, 1.807) is 17.4 Å². The third-order valence-electron chi connectivity index (χ3n) is 3.15. The topological polar surface area (TPSA) is 42.0 Å². The van der Waals surface area contributed by atoms with Crippen molar-refractivity contribution in [3.8, 4) is 0 Å². The monoisotopic (exact) mass is 282 g/mol. The van der Waals surface area contributed by atoms with E-state index >= 15 is 0 Å². The summed E-state index contributed by atoms with van der Waals surface area (Å²) in [6.45, 7) is 1.98. The molecule has 1 aromatic carbocycles. The first-order valence-corrected chi connectivity index (χ1v) is 7.32. The summed E-state index contributed by atoms with van der Waals surface area (Å²) in [5.41, 5.74) is 1.29. The first-order valence-electron chi connectivity index (χ1n) is 6.44. The van der Waals surface area contributed by atoms with Crippen molar-refractivity contribution in [3.05, 3.63) is 64.5 Å². The minimum absolute atomic E-state index is 0.00392. The number of nitrogens with zero attached hydrogens (tertiary/aromatic N) is 1. The van der Waals surface area contributed by atoms with Crippen LogP contribution in [-0.2, 0) is 0 Å². The molecule has 1 N–H and O–H groups in total. The summed E-state index contributed by atoms with van der Waals surface area (Å²) in [4.78, 5) is 17.8. The van der Waals surface area contributed by atoms with Crippen molar-refractivity contribution in [1.82, 2.24) is 10.3 Å². The molecule has 4 heteroatoms. The number of carbonyl (C=O) groups excluding carboxylic acids is 1. The lowest BCUT2D eigenvalue weighted by Gasteiger charge is -2.12. The molecule has 0 aliphatic rings. The molecule has 0 saturated carbocycles. The number of para-hydroxylation sites is 1. The van der Waals surface area contributed by atoms with Gasteiger partial charge in [0.15, 0.2) is 0 Å². The Hall–Kier alpha value is -2.20. The molecule has 20 heavy (non-hydrogen) atoms. The van der Waals surface area contributed by atoms with Gasteiger partial charge in [0.1, 0.15) is 5.69 Å². The van der Waals surface area contributed by atoms with Gasteiger partial charge in [0.2, 0.25) is 0 Å². The third kappa shape index (κ3) is 2.56. The van der Waals surface area contributed by atoms with Gasteiger partial charge in [-0.1, -0.05) is 30.3 Å². The number of pyridine rings is 1. The van der Waals surface area contributed by atoms with Gasteiger partial charge in [-0.2, -0.15) is 0 Å². The molecular weight excluding hydrogens is 268 g/mol. The van der Waals surface area contributed by atoms with Crippen LogP contribution in [0.1, 0.15) is 28.3 Å². The molecule has 100 valence electrons. The number of thiophene rings is 1. The van der Waals surface area contributed by atoms with Gasteiger partial charge in [-0.3, -0.25) is 4.79 Å². The van der Waals surface area contributed by atoms with E-state index in [-0.39, 0.29) is 11.9 Å². The second-order valence-corrected chi connectivity index (χ2v) is 5.58. The Balaban J connectivity index is 1.82. The Morgan fingerprint density at radius 1 is 1.15 bits per heavy atom. The molecule has 0 aliphatic heterocycles. The second-order valence-electron chi connectivity index (χ2n) is 4.60. The van der Waals surface area contributed by atoms with E-state index in [4.69, 9.17) is 0 Å². The highest BCUT2D eigenvalue weighted by atomic mass is 32.1. The van der Waals surface area contributed by atoms with Crippen molar-refractivity contribution in [2.45, 2.75) is 13.0 Å². The number of fused-ring (bicyclic) bond motifs is 1. The summed E-state index contributed by atoms with van der Waals surface area (Å²) in [6, 6.07) is 15.5. The minimum Gasteiger partial charge on any atom is -0.343 e. The number of carbonyl (C=O) groups is 1. The highest BCUT2D eigenvalue weighted by molar-refractivity contribution is 7.10. The fourth-order valence-electron chi connectivity index (χ4n) is 2.07. The van der Waals surface area contributed by atoms with Crippen LogP contribution in [-0.4, -0.2) is 10.9 Å². The fraction of sp³-hybridized carbons (Fsp3) is 0.125. The first-order chi connectivity index (χ1) is 9.74. The molecule has 0 unspecified atom stereocenters. The molecule has 0 fully saturated rings. The van der Waals surface area contributed by atoms with E-state index in [1.165, 1.54) is 0 Å². The summed E-state index contributed by atoms with van der Waals surface area (Å²) < 4.78 is 0.